The van der Waals surface area contributed by atoms with Gasteiger partial charge in [0.15, 0.2) is 11.5 Å². The Balaban J connectivity index is 1.98. The van der Waals surface area contributed by atoms with Crippen molar-refractivity contribution in [3.63, 3.8) is 0 Å². The quantitative estimate of drug-likeness (QED) is 0.179. The van der Waals surface area contributed by atoms with Crippen molar-refractivity contribution in [3.8, 4) is 17.6 Å². The minimum Gasteiger partial charge on any atom is -0.490 e. The molecule has 0 bridgehead atoms. The molecule has 0 aliphatic rings. The van der Waals surface area contributed by atoms with E-state index >= 15 is 0 Å². The lowest BCUT2D eigenvalue weighted by Crippen LogP contribution is -2.03. The van der Waals surface area contributed by atoms with Crippen LogP contribution in [0.1, 0.15) is 39.5 Å². The summed E-state index contributed by atoms with van der Waals surface area (Å²) >= 11 is 3.44. The molecular weight excluding hydrogens is 494 g/mol. The summed E-state index contributed by atoms with van der Waals surface area (Å²) in [6, 6.07) is 20.1. The van der Waals surface area contributed by atoms with Crippen LogP contribution in [0, 0.1) is 11.3 Å². The summed E-state index contributed by atoms with van der Waals surface area (Å²) in [6.07, 6.45) is 4.11. The Kier molecular flexibility index (Phi) is 8.66. The standard InChI is InChI=1S/C28H24BrNO4/c1-3-5-23-14-20(15-24(17-30)21-8-10-22(11-9-21)28(31)32)16-26(33-4-2)27(23)34-18-19-6-12-25(29)13-7-19/h3,6-16H,1,4-5,18H2,2H3,(H,31,32)/b24-15-. The second kappa shape index (κ2) is 11.9. The lowest BCUT2D eigenvalue weighted by molar-refractivity contribution is 0.0697. The maximum atomic E-state index is 11.1. The number of rotatable bonds is 10. The third-order valence-electron chi connectivity index (χ3n) is 4.99. The Labute approximate surface area is 207 Å². The molecular formula is C28H24BrNO4. The molecule has 172 valence electrons. The third kappa shape index (κ3) is 6.37. The first-order valence-corrected chi connectivity index (χ1v) is 11.5. The van der Waals surface area contributed by atoms with Crippen LogP contribution < -0.4 is 9.47 Å². The van der Waals surface area contributed by atoms with Gasteiger partial charge in [-0.2, -0.15) is 5.26 Å². The molecule has 1 N–H and O–H groups in total. The molecule has 3 aromatic carbocycles. The predicted molar refractivity (Wildman–Crippen MR) is 137 cm³/mol. The molecule has 0 fully saturated rings. The average Bonchev–Trinajstić information content (AvgIpc) is 2.83. The molecule has 0 amide bonds. The minimum atomic E-state index is -1.01. The van der Waals surface area contributed by atoms with Gasteiger partial charge in [-0.05, 0) is 72.5 Å². The van der Waals surface area contributed by atoms with Crippen LogP contribution in [-0.4, -0.2) is 17.7 Å². The number of nitriles is 1. The van der Waals surface area contributed by atoms with E-state index in [2.05, 4.69) is 28.6 Å². The smallest absolute Gasteiger partial charge is 0.335 e. The summed E-state index contributed by atoms with van der Waals surface area (Å²) in [4.78, 5) is 11.1. The number of hydrogen-bond donors (Lipinski definition) is 1. The van der Waals surface area contributed by atoms with E-state index < -0.39 is 5.97 Å². The van der Waals surface area contributed by atoms with Gasteiger partial charge in [-0.15, -0.1) is 6.58 Å². The molecule has 5 nitrogen and oxygen atoms in total. The van der Waals surface area contributed by atoms with Gasteiger partial charge in [-0.25, -0.2) is 4.79 Å². The Morgan fingerprint density at radius 3 is 2.35 bits per heavy atom. The number of halogens is 1. The molecule has 0 saturated heterocycles. The minimum absolute atomic E-state index is 0.167. The SMILES string of the molecule is C=CCc1cc(/C=C(/C#N)c2ccc(C(=O)O)cc2)cc(OCC)c1OCc1ccc(Br)cc1. The molecule has 3 rings (SSSR count). The van der Waals surface area contributed by atoms with Crippen LogP contribution in [0.3, 0.4) is 0 Å². The van der Waals surface area contributed by atoms with Crippen molar-refractivity contribution < 1.29 is 19.4 Å². The van der Waals surface area contributed by atoms with Gasteiger partial charge in [0.2, 0.25) is 0 Å². The number of nitrogens with zero attached hydrogens (tertiary/aromatic N) is 1. The van der Waals surface area contributed by atoms with Gasteiger partial charge in [-0.3, -0.25) is 0 Å². The largest absolute Gasteiger partial charge is 0.490 e. The lowest BCUT2D eigenvalue weighted by Gasteiger charge is -2.17. The van der Waals surface area contributed by atoms with Gasteiger partial charge in [0.1, 0.15) is 6.61 Å². The molecule has 0 aliphatic heterocycles. The van der Waals surface area contributed by atoms with Gasteiger partial charge >= 0.3 is 5.97 Å². The van der Waals surface area contributed by atoms with Crippen molar-refractivity contribution in [3.05, 3.63) is 106 Å². The first-order chi connectivity index (χ1) is 16.4. The predicted octanol–water partition coefficient (Wildman–Crippen LogP) is 6.92. The molecule has 6 heteroatoms. The third-order valence-corrected chi connectivity index (χ3v) is 5.52. The molecule has 0 radical (unpaired) electrons. The normalized spacial score (nSPS) is 10.9. The van der Waals surface area contributed by atoms with E-state index in [4.69, 9.17) is 14.6 Å². The van der Waals surface area contributed by atoms with Crippen molar-refractivity contribution in [2.75, 3.05) is 6.61 Å². The van der Waals surface area contributed by atoms with Crippen LogP contribution in [0.5, 0.6) is 11.5 Å². The number of ether oxygens (including phenoxy) is 2. The Bertz CT molecular complexity index is 1240. The molecule has 0 atom stereocenters. The molecule has 0 unspecified atom stereocenters. The van der Waals surface area contributed by atoms with E-state index in [-0.39, 0.29) is 5.56 Å². The zero-order valence-corrected chi connectivity index (χ0v) is 20.3. The highest BCUT2D eigenvalue weighted by atomic mass is 79.9. The number of aromatic carboxylic acids is 1. The van der Waals surface area contributed by atoms with Crippen molar-refractivity contribution in [2.45, 2.75) is 20.0 Å². The van der Waals surface area contributed by atoms with E-state index in [9.17, 15) is 10.1 Å². The first kappa shape index (κ1) is 24.8. The number of carboxylic acids is 1. The maximum Gasteiger partial charge on any atom is 0.335 e. The highest BCUT2D eigenvalue weighted by Crippen LogP contribution is 2.36. The van der Waals surface area contributed by atoms with Gasteiger partial charge in [-0.1, -0.05) is 46.3 Å². The maximum absolute atomic E-state index is 11.1. The molecule has 0 aliphatic carbocycles. The van der Waals surface area contributed by atoms with Gasteiger partial charge in [0.05, 0.1) is 23.8 Å². The monoisotopic (exact) mass is 517 g/mol. The topological polar surface area (TPSA) is 79.6 Å². The van der Waals surface area contributed by atoms with Crippen LogP contribution in [-0.2, 0) is 13.0 Å². The van der Waals surface area contributed by atoms with Crippen LogP contribution in [0.15, 0.2) is 77.8 Å². The van der Waals surface area contributed by atoms with Gasteiger partial charge in [0.25, 0.3) is 0 Å². The Hall–Kier alpha value is -3.82. The average molecular weight is 518 g/mol. The molecule has 0 aromatic heterocycles. The number of allylic oxidation sites excluding steroid dienone is 2. The number of carboxylic acid groups (broad SMARTS) is 1. The van der Waals surface area contributed by atoms with E-state index in [0.717, 1.165) is 21.2 Å². The number of carbonyl (C=O) groups is 1. The fraction of sp³-hybridized carbons (Fsp3) is 0.143. The van der Waals surface area contributed by atoms with Crippen LogP contribution in [0.2, 0.25) is 0 Å². The summed E-state index contributed by atoms with van der Waals surface area (Å²) in [5.41, 5.74) is 3.90. The van der Waals surface area contributed by atoms with Crippen molar-refractivity contribution in [1.82, 2.24) is 0 Å². The highest BCUT2D eigenvalue weighted by molar-refractivity contribution is 9.10. The van der Waals surface area contributed by atoms with Crippen molar-refractivity contribution >= 4 is 33.5 Å². The summed E-state index contributed by atoms with van der Waals surface area (Å²) in [5, 5.41) is 18.8. The van der Waals surface area contributed by atoms with E-state index in [0.29, 0.717) is 42.3 Å². The van der Waals surface area contributed by atoms with Crippen molar-refractivity contribution in [2.24, 2.45) is 0 Å². The second-order valence-electron chi connectivity index (χ2n) is 7.40. The van der Waals surface area contributed by atoms with E-state index in [1.54, 1.807) is 24.3 Å². The van der Waals surface area contributed by atoms with Crippen LogP contribution >= 0.6 is 15.9 Å². The number of benzene rings is 3. The van der Waals surface area contributed by atoms with E-state index in [1.165, 1.54) is 12.1 Å². The zero-order valence-electron chi connectivity index (χ0n) is 18.8. The summed E-state index contributed by atoms with van der Waals surface area (Å²) in [5.74, 6) is 0.220. The Morgan fingerprint density at radius 1 is 1.09 bits per heavy atom. The first-order valence-electron chi connectivity index (χ1n) is 10.7. The van der Waals surface area contributed by atoms with Gasteiger partial charge in [0, 0.05) is 10.0 Å². The highest BCUT2D eigenvalue weighted by Gasteiger charge is 2.14. The Morgan fingerprint density at radius 2 is 1.76 bits per heavy atom. The second-order valence-corrected chi connectivity index (χ2v) is 8.32. The molecule has 0 saturated carbocycles. The fourth-order valence-corrected chi connectivity index (χ4v) is 3.64. The van der Waals surface area contributed by atoms with Gasteiger partial charge < -0.3 is 14.6 Å². The van der Waals surface area contributed by atoms with Crippen LogP contribution in [0.25, 0.3) is 11.6 Å². The molecule has 0 spiro atoms. The summed E-state index contributed by atoms with van der Waals surface area (Å²) in [6.45, 7) is 6.60. The lowest BCUT2D eigenvalue weighted by atomic mass is 10.00. The zero-order chi connectivity index (χ0) is 24.5. The molecule has 34 heavy (non-hydrogen) atoms. The molecule has 0 heterocycles. The molecule has 3 aromatic rings. The summed E-state index contributed by atoms with van der Waals surface area (Å²) < 4.78 is 13.1. The fourth-order valence-electron chi connectivity index (χ4n) is 3.38. The van der Waals surface area contributed by atoms with Crippen LogP contribution in [0.4, 0.5) is 0 Å². The van der Waals surface area contributed by atoms with E-state index in [1.807, 2.05) is 43.3 Å². The number of hydrogen-bond acceptors (Lipinski definition) is 4. The van der Waals surface area contributed by atoms with Crippen molar-refractivity contribution in [1.29, 1.82) is 5.26 Å². The summed E-state index contributed by atoms with van der Waals surface area (Å²) in [7, 11) is 0.